The maximum absolute atomic E-state index is 12.3. The number of nitrogens with zero attached hydrogens (tertiary/aromatic N) is 2. The van der Waals surface area contributed by atoms with Gasteiger partial charge < -0.3 is 5.32 Å². The van der Waals surface area contributed by atoms with Crippen LogP contribution in [0.15, 0.2) is 29.3 Å². The van der Waals surface area contributed by atoms with E-state index in [1.165, 1.54) is 10.9 Å². The van der Waals surface area contributed by atoms with Crippen LogP contribution < -0.4 is 10.9 Å². The predicted octanol–water partition coefficient (Wildman–Crippen LogP) is 1.96. The van der Waals surface area contributed by atoms with Gasteiger partial charge in [-0.3, -0.25) is 14.2 Å². The van der Waals surface area contributed by atoms with Crippen LogP contribution in [0.5, 0.6) is 0 Å². The molecule has 6 heteroatoms. The van der Waals surface area contributed by atoms with E-state index in [0.717, 1.165) is 6.42 Å². The highest BCUT2D eigenvalue weighted by Crippen LogP contribution is 2.13. The number of benzene rings is 1. The Labute approximate surface area is 121 Å². The smallest absolute Gasteiger partial charge is 0.261 e. The normalized spacial score (nSPS) is 12.3. The minimum Gasteiger partial charge on any atom is -0.352 e. The second-order valence-corrected chi connectivity index (χ2v) is 5.15. The number of rotatable bonds is 4. The van der Waals surface area contributed by atoms with Gasteiger partial charge in [-0.15, -0.1) is 0 Å². The first-order chi connectivity index (χ1) is 9.51. The van der Waals surface area contributed by atoms with E-state index in [4.69, 9.17) is 11.6 Å². The van der Waals surface area contributed by atoms with Crippen LogP contribution in [0.2, 0.25) is 5.02 Å². The molecular weight excluding hydrogens is 278 g/mol. The van der Waals surface area contributed by atoms with Gasteiger partial charge in [0.2, 0.25) is 5.91 Å². The fourth-order valence-corrected chi connectivity index (χ4v) is 1.99. The van der Waals surface area contributed by atoms with Crippen molar-refractivity contribution in [3.05, 3.63) is 39.9 Å². The van der Waals surface area contributed by atoms with Gasteiger partial charge in [-0.05, 0) is 31.5 Å². The molecule has 1 heterocycles. The van der Waals surface area contributed by atoms with Crippen molar-refractivity contribution in [2.24, 2.45) is 0 Å². The minimum atomic E-state index is -0.267. The van der Waals surface area contributed by atoms with E-state index in [1.54, 1.807) is 18.2 Å². The summed E-state index contributed by atoms with van der Waals surface area (Å²) in [5.41, 5.74) is 0.301. The Morgan fingerprint density at radius 2 is 2.25 bits per heavy atom. The number of fused-ring (bicyclic) bond motifs is 1. The summed E-state index contributed by atoms with van der Waals surface area (Å²) < 4.78 is 1.29. The van der Waals surface area contributed by atoms with Gasteiger partial charge in [0.05, 0.1) is 17.2 Å². The molecule has 20 heavy (non-hydrogen) atoms. The van der Waals surface area contributed by atoms with E-state index in [0.29, 0.717) is 15.9 Å². The zero-order valence-corrected chi connectivity index (χ0v) is 12.1. The number of aromatic nitrogens is 2. The van der Waals surface area contributed by atoms with E-state index in [2.05, 4.69) is 10.3 Å². The molecule has 1 N–H and O–H groups in total. The Kier molecular flexibility index (Phi) is 4.39. The summed E-state index contributed by atoms with van der Waals surface area (Å²) in [7, 11) is 0. The summed E-state index contributed by atoms with van der Waals surface area (Å²) >= 11 is 5.88. The van der Waals surface area contributed by atoms with Crippen molar-refractivity contribution in [1.82, 2.24) is 14.9 Å². The molecular formula is C14H16ClN3O2. The second-order valence-electron chi connectivity index (χ2n) is 4.72. The molecule has 0 bridgehead atoms. The first kappa shape index (κ1) is 14.5. The summed E-state index contributed by atoms with van der Waals surface area (Å²) in [6.45, 7) is 3.86. The summed E-state index contributed by atoms with van der Waals surface area (Å²) in [6, 6.07) is 5.01. The van der Waals surface area contributed by atoms with E-state index in [-0.39, 0.29) is 24.1 Å². The lowest BCUT2D eigenvalue weighted by atomic mass is 10.2. The fourth-order valence-electron chi connectivity index (χ4n) is 1.82. The Morgan fingerprint density at radius 3 is 2.95 bits per heavy atom. The summed E-state index contributed by atoms with van der Waals surface area (Å²) in [4.78, 5) is 28.2. The SMILES string of the molecule is CC[C@@H](C)NC(=O)Cn1cnc2ccc(Cl)cc2c1=O. The molecule has 0 saturated carbocycles. The van der Waals surface area contributed by atoms with Crippen molar-refractivity contribution < 1.29 is 4.79 Å². The van der Waals surface area contributed by atoms with Crippen LogP contribution in [0.4, 0.5) is 0 Å². The number of halogens is 1. The Balaban J connectivity index is 2.29. The highest BCUT2D eigenvalue weighted by Gasteiger charge is 2.10. The topological polar surface area (TPSA) is 64.0 Å². The van der Waals surface area contributed by atoms with Crippen LogP contribution in [0, 0.1) is 0 Å². The molecule has 0 saturated heterocycles. The Bertz CT molecular complexity index is 696. The van der Waals surface area contributed by atoms with Gasteiger partial charge in [0.15, 0.2) is 0 Å². The molecule has 0 radical (unpaired) electrons. The lowest BCUT2D eigenvalue weighted by Gasteiger charge is -2.12. The standard InChI is InChI=1S/C14H16ClN3O2/c1-3-9(2)17-13(19)7-18-8-16-12-5-4-10(15)6-11(12)14(18)20/h4-6,8-9H,3,7H2,1-2H3,(H,17,19)/t9-/m1/s1. The van der Waals surface area contributed by atoms with Gasteiger partial charge in [-0.2, -0.15) is 0 Å². The molecule has 1 atom stereocenters. The molecule has 106 valence electrons. The van der Waals surface area contributed by atoms with E-state index >= 15 is 0 Å². The largest absolute Gasteiger partial charge is 0.352 e. The number of carbonyl (C=O) groups is 1. The summed E-state index contributed by atoms with van der Waals surface area (Å²) in [5, 5.41) is 3.70. The number of nitrogens with one attached hydrogen (secondary N) is 1. The van der Waals surface area contributed by atoms with Crippen LogP contribution in [0.1, 0.15) is 20.3 Å². The molecule has 0 aliphatic carbocycles. The van der Waals surface area contributed by atoms with Gasteiger partial charge >= 0.3 is 0 Å². The van der Waals surface area contributed by atoms with Crippen molar-refractivity contribution in [1.29, 1.82) is 0 Å². The molecule has 0 aliphatic rings. The molecule has 5 nitrogen and oxygen atoms in total. The highest BCUT2D eigenvalue weighted by molar-refractivity contribution is 6.31. The molecule has 2 rings (SSSR count). The van der Waals surface area contributed by atoms with Crippen LogP contribution >= 0.6 is 11.6 Å². The molecule has 1 aromatic heterocycles. The lowest BCUT2D eigenvalue weighted by molar-refractivity contribution is -0.122. The van der Waals surface area contributed by atoms with Crippen molar-refractivity contribution in [3.63, 3.8) is 0 Å². The highest BCUT2D eigenvalue weighted by atomic mass is 35.5. The quantitative estimate of drug-likeness (QED) is 0.937. The first-order valence-electron chi connectivity index (χ1n) is 6.45. The number of hydrogen-bond acceptors (Lipinski definition) is 3. The summed E-state index contributed by atoms with van der Waals surface area (Å²) in [5.74, 6) is -0.204. The number of hydrogen-bond donors (Lipinski definition) is 1. The van der Waals surface area contributed by atoms with E-state index in [9.17, 15) is 9.59 Å². The average Bonchev–Trinajstić information content (AvgIpc) is 2.42. The lowest BCUT2D eigenvalue weighted by Crippen LogP contribution is -2.37. The van der Waals surface area contributed by atoms with Crippen molar-refractivity contribution in [3.8, 4) is 0 Å². The van der Waals surface area contributed by atoms with Crippen LogP contribution in [0.25, 0.3) is 10.9 Å². The van der Waals surface area contributed by atoms with Crippen molar-refractivity contribution in [2.45, 2.75) is 32.9 Å². The molecule has 1 aromatic carbocycles. The zero-order chi connectivity index (χ0) is 14.7. The Morgan fingerprint density at radius 1 is 1.50 bits per heavy atom. The zero-order valence-electron chi connectivity index (χ0n) is 11.4. The second kappa shape index (κ2) is 6.05. The molecule has 0 unspecified atom stereocenters. The van der Waals surface area contributed by atoms with E-state index in [1.807, 2.05) is 13.8 Å². The maximum Gasteiger partial charge on any atom is 0.261 e. The van der Waals surface area contributed by atoms with Gasteiger partial charge in [-0.25, -0.2) is 4.98 Å². The molecule has 2 aromatic rings. The first-order valence-corrected chi connectivity index (χ1v) is 6.83. The predicted molar refractivity (Wildman–Crippen MR) is 78.9 cm³/mol. The monoisotopic (exact) mass is 293 g/mol. The van der Waals surface area contributed by atoms with Crippen molar-refractivity contribution >= 4 is 28.4 Å². The number of amides is 1. The van der Waals surface area contributed by atoms with Gasteiger partial charge in [0.25, 0.3) is 5.56 Å². The Hall–Kier alpha value is -1.88. The average molecular weight is 294 g/mol. The molecule has 0 aliphatic heterocycles. The minimum absolute atomic E-state index is 0.0430. The third-order valence-corrected chi connectivity index (χ3v) is 3.35. The third kappa shape index (κ3) is 3.17. The summed E-state index contributed by atoms with van der Waals surface area (Å²) in [6.07, 6.45) is 2.22. The molecule has 1 amide bonds. The van der Waals surface area contributed by atoms with Gasteiger partial charge in [0, 0.05) is 11.1 Å². The maximum atomic E-state index is 12.3. The number of carbonyl (C=O) groups excluding carboxylic acids is 1. The third-order valence-electron chi connectivity index (χ3n) is 3.12. The van der Waals surface area contributed by atoms with Gasteiger partial charge in [0.1, 0.15) is 6.54 Å². The fraction of sp³-hybridized carbons (Fsp3) is 0.357. The van der Waals surface area contributed by atoms with Crippen LogP contribution in [0.3, 0.4) is 0 Å². The van der Waals surface area contributed by atoms with Crippen molar-refractivity contribution in [2.75, 3.05) is 0 Å². The van der Waals surface area contributed by atoms with Gasteiger partial charge in [-0.1, -0.05) is 18.5 Å². The van der Waals surface area contributed by atoms with Crippen LogP contribution in [-0.4, -0.2) is 21.5 Å². The molecule has 0 fully saturated rings. The van der Waals surface area contributed by atoms with E-state index < -0.39 is 0 Å². The van der Waals surface area contributed by atoms with Crippen LogP contribution in [-0.2, 0) is 11.3 Å². The molecule has 0 spiro atoms.